The summed E-state index contributed by atoms with van der Waals surface area (Å²) in [5.74, 6) is 2.64. The van der Waals surface area contributed by atoms with Crippen LogP contribution in [0.4, 0.5) is 5.69 Å². The van der Waals surface area contributed by atoms with Crippen LogP contribution >= 0.6 is 0 Å². The zero-order valence-electron chi connectivity index (χ0n) is 18.4. The standard InChI is InChI=1S/C27H33NO3/c1-2-3-4-8-19-29-27-17-13-24(14-18-27)28-22-23-11-15-26(16-12-23)31-21-20-30-25-9-6-5-7-10-25/h5-7,9-18,28H,2-4,8,19-22H2,1H3. The Morgan fingerprint density at radius 3 is 1.81 bits per heavy atom. The van der Waals surface area contributed by atoms with E-state index in [1.165, 1.54) is 24.8 Å². The SMILES string of the molecule is CCCCCCOc1ccc(NCc2ccc(OCCOc3ccccc3)cc2)cc1. The minimum absolute atomic E-state index is 0.513. The van der Waals surface area contributed by atoms with Crippen LogP contribution in [0.3, 0.4) is 0 Å². The third-order valence-electron chi connectivity index (χ3n) is 4.90. The van der Waals surface area contributed by atoms with Crippen LogP contribution in [0, 0.1) is 0 Å². The van der Waals surface area contributed by atoms with Crippen LogP contribution in [0.1, 0.15) is 38.2 Å². The molecule has 4 nitrogen and oxygen atoms in total. The number of unbranched alkanes of at least 4 members (excludes halogenated alkanes) is 3. The molecule has 0 atom stereocenters. The maximum absolute atomic E-state index is 5.80. The molecule has 164 valence electrons. The van der Waals surface area contributed by atoms with Crippen LogP contribution in [0.5, 0.6) is 17.2 Å². The highest BCUT2D eigenvalue weighted by Gasteiger charge is 1.99. The Kier molecular flexibility index (Phi) is 9.61. The van der Waals surface area contributed by atoms with Crippen LogP contribution in [0.15, 0.2) is 78.9 Å². The van der Waals surface area contributed by atoms with E-state index in [9.17, 15) is 0 Å². The molecule has 31 heavy (non-hydrogen) atoms. The van der Waals surface area contributed by atoms with Crippen molar-refractivity contribution in [3.63, 3.8) is 0 Å². The van der Waals surface area contributed by atoms with Crippen molar-refractivity contribution in [1.82, 2.24) is 0 Å². The van der Waals surface area contributed by atoms with Crippen molar-refractivity contribution in [3.05, 3.63) is 84.4 Å². The third-order valence-corrected chi connectivity index (χ3v) is 4.90. The van der Waals surface area contributed by atoms with Gasteiger partial charge in [-0.05, 0) is 60.5 Å². The van der Waals surface area contributed by atoms with Crippen molar-refractivity contribution >= 4 is 5.69 Å². The second kappa shape index (κ2) is 13.2. The Labute approximate surface area is 186 Å². The monoisotopic (exact) mass is 419 g/mol. The lowest BCUT2D eigenvalue weighted by Crippen LogP contribution is -2.09. The highest BCUT2D eigenvalue weighted by molar-refractivity contribution is 5.47. The van der Waals surface area contributed by atoms with Crippen molar-refractivity contribution in [2.45, 2.75) is 39.2 Å². The fraction of sp³-hybridized carbons (Fsp3) is 0.333. The molecular weight excluding hydrogens is 386 g/mol. The maximum Gasteiger partial charge on any atom is 0.122 e. The number of anilines is 1. The molecule has 0 aliphatic rings. The van der Waals surface area contributed by atoms with Crippen molar-refractivity contribution in [2.75, 3.05) is 25.1 Å². The largest absolute Gasteiger partial charge is 0.494 e. The van der Waals surface area contributed by atoms with Crippen molar-refractivity contribution in [2.24, 2.45) is 0 Å². The van der Waals surface area contributed by atoms with Crippen LogP contribution in [-0.4, -0.2) is 19.8 Å². The summed E-state index contributed by atoms with van der Waals surface area (Å²) in [5.41, 5.74) is 2.28. The number of para-hydroxylation sites is 1. The Hall–Kier alpha value is -3.14. The fourth-order valence-corrected chi connectivity index (χ4v) is 3.13. The second-order valence-corrected chi connectivity index (χ2v) is 7.44. The lowest BCUT2D eigenvalue weighted by molar-refractivity contribution is 0.217. The predicted molar refractivity (Wildman–Crippen MR) is 127 cm³/mol. The van der Waals surface area contributed by atoms with E-state index >= 15 is 0 Å². The molecule has 0 aliphatic heterocycles. The van der Waals surface area contributed by atoms with E-state index < -0.39 is 0 Å². The summed E-state index contributed by atoms with van der Waals surface area (Å²) in [6.45, 7) is 4.80. The quantitative estimate of drug-likeness (QED) is 0.295. The Bertz CT molecular complexity index is 848. The van der Waals surface area contributed by atoms with Crippen LogP contribution < -0.4 is 19.5 Å². The topological polar surface area (TPSA) is 39.7 Å². The number of rotatable bonds is 14. The van der Waals surface area contributed by atoms with E-state index in [1.54, 1.807) is 0 Å². The molecule has 4 heteroatoms. The summed E-state index contributed by atoms with van der Waals surface area (Å²) < 4.78 is 17.2. The number of ether oxygens (including phenoxy) is 3. The molecule has 3 aromatic carbocycles. The summed E-state index contributed by atoms with van der Waals surface area (Å²) in [6, 6.07) is 26.1. The zero-order chi connectivity index (χ0) is 21.6. The van der Waals surface area contributed by atoms with Crippen molar-refractivity contribution in [3.8, 4) is 17.2 Å². The molecule has 0 radical (unpaired) electrons. The normalized spacial score (nSPS) is 10.5. The summed E-state index contributed by atoms with van der Waals surface area (Å²) in [5, 5.41) is 3.45. The number of nitrogens with one attached hydrogen (secondary N) is 1. The van der Waals surface area contributed by atoms with E-state index in [4.69, 9.17) is 14.2 Å². The number of benzene rings is 3. The molecule has 0 spiro atoms. The van der Waals surface area contributed by atoms with Crippen LogP contribution in [-0.2, 0) is 6.54 Å². The van der Waals surface area contributed by atoms with Gasteiger partial charge in [-0.2, -0.15) is 0 Å². The Balaban J connectivity index is 1.33. The first kappa shape index (κ1) is 22.5. The van der Waals surface area contributed by atoms with Gasteiger partial charge in [0, 0.05) is 12.2 Å². The van der Waals surface area contributed by atoms with Gasteiger partial charge in [0.25, 0.3) is 0 Å². The van der Waals surface area contributed by atoms with E-state index in [2.05, 4.69) is 36.5 Å². The second-order valence-electron chi connectivity index (χ2n) is 7.44. The van der Waals surface area contributed by atoms with Gasteiger partial charge in [-0.15, -0.1) is 0 Å². The van der Waals surface area contributed by atoms with Gasteiger partial charge in [0.15, 0.2) is 0 Å². The van der Waals surface area contributed by atoms with E-state index in [-0.39, 0.29) is 0 Å². The van der Waals surface area contributed by atoms with Gasteiger partial charge in [0.2, 0.25) is 0 Å². The Morgan fingerprint density at radius 1 is 0.581 bits per heavy atom. The molecule has 0 aromatic heterocycles. The minimum Gasteiger partial charge on any atom is -0.494 e. The summed E-state index contributed by atoms with van der Waals surface area (Å²) >= 11 is 0. The average Bonchev–Trinajstić information content (AvgIpc) is 2.82. The fourth-order valence-electron chi connectivity index (χ4n) is 3.13. The molecule has 3 rings (SSSR count). The molecule has 0 aliphatic carbocycles. The van der Waals surface area contributed by atoms with Crippen LogP contribution in [0.25, 0.3) is 0 Å². The van der Waals surface area contributed by atoms with Gasteiger partial charge in [0.1, 0.15) is 30.5 Å². The smallest absolute Gasteiger partial charge is 0.122 e. The zero-order valence-corrected chi connectivity index (χ0v) is 18.4. The molecule has 0 fully saturated rings. The first-order valence-corrected chi connectivity index (χ1v) is 11.2. The molecular formula is C27H33NO3. The lowest BCUT2D eigenvalue weighted by Gasteiger charge is -2.11. The predicted octanol–water partition coefficient (Wildman–Crippen LogP) is 6.72. The molecule has 0 saturated carbocycles. The minimum atomic E-state index is 0.513. The first-order valence-electron chi connectivity index (χ1n) is 11.2. The number of hydrogen-bond acceptors (Lipinski definition) is 4. The van der Waals surface area contributed by atoms with Gasteiger partial charge in [-0.25, -0.2) is 0 Å². The van der Waals surface area contributed by atoms with Gasteiger partial charge in [-0.1, -0.05) is 56.5 Å². The van der Waals surface area contributed by atoms with E-state index in [0.717, 1.165) is 42.5 Å². The lowest BCUT2D eigenvalue weighted by atomic mass is 10.2. The van der Waals surface area contributed by atoms with Gasteiger partial charge < -0.3 is 19.5 Å². The summed E-state index contributed by atoms with van der Waals surface area (Å²) in [7, 11) is 0. The molecule has 0 heterocycles. The van der Waals surface area contributed by atoms with Gasteiger partial charge in [-0.3, -0.25) is 0 Å². The van der Waals surface area contributed by atoms with E-state index in [0.29, 0.717) is 13.2 Å². The first-order chi connectivity index (χ1) is 15.3. The summed E-state index contributed by atoms with van der Waals surface area (Å²) in [4.78, 5) is 0. The summed E-state index contributed by atoms with van der Waals surface area (Å²) in [6.07, 6.45) is 4.89. The molecule has 1 N–H and O–H groups in total. The van der Waals surface area contributed by atoms with E-state index in [1.807, 2.05) is 54.6 Å². The highest BCUT2D eigenvalue weighted by Crippen LogP contribution is 2.18. The van der Waals surface area contributed by atoms with Crippen LogP contribution in [0.2, 0.25) is 0 Å². The molecule has 3 aromatic rings. The molecule has 0 saturated heterocycles. The maximum atomic E-state index is 5.80. The van der Waals surface area contributed by atoms with Crippen molar-refractivity contribution in [1.29, 1.82) is 0 Å². The Morgan fingerprint density at radius 2 is 1.16 bits per heavy atom. The van der Waals surface area contributed by atoms with Gasteiger partial charge >= 0.3 is 0 Å². The highest BCUT2D eigenvalue weighted by atomic mass is 16.5. The third kappa shape index (κ3) is 8.63. The number of hydrogen-bond donors (Lipinski definition) is 1. The van der Waals surface area contributed by atoms with Crippen molar-refractivity contribution < 1.29 is 14.2 Å². The average molecular weight is 420 g/mol. The molecule has 0 bridgehead atoms. The van der Waals surface area contributed by atoms with Gasteiger partial charge in [0.05, 0.1) is 6.61 Å². The molecule has 0 amide bonds. The molecule has 0 unspecified atom stereocenters.